The van der Waals surface area contributed by atoms with Crippen LogP contribution in [0.5, 0.6) is 23.0 Å². The van der Waals surface area contributed by atoms with E-state index in [-0.39, 0.29) is 0 Å². The largest absolute Gasteiger partial charge is 0.490 e. The van der Waals surface area contributed by atoms with Gasteiger partial charge in [-0.25, -0.2) is 0 Å². The molecule has 0 unspecified atom stereocenters. The lowest BCUT2D eigenvalue weighted by Gasteiger charge is -2.21. The Hall–Kier alpha value is -3.47. The van der Waals surface area contributed by atoms with Gasteiger partial charge in [0.2, 0.25) is 0 Å². The number of nitrogens with zero attached hydrogens (tertiary/aromatic N) is 1. The Bertz CT molecular complexity index is 1120. The Labute approximate surface area is 202 Å². The minimum absolute atomic E-state index is 0.492. The van der Waals surface area contributed by atoms with E-state index in [2.05, 4.69) is 36.4 Å². The molecule has 1 aliphatic heterocycles. The van der Waals surface area contributed by atoms with Gasteiger partial charge in [0.15, 0.2) is 23.0 Å². The summed E-state index contributed by atoms with van der Waals surface area (Å²) < 4.78 is 23.7. The minimum Gasteiger partial charge on any atom is -0.490 e. The highest BCUT2D eigenvalue weighted by Gasteiger charge is 2.20. The van der Waals surface area contributed by atoms with Crippen molar-refractivity contribution in [2.45, 2.75) is 40.2 Å². The topological polar surface area (TPSA) is 49.3 Å². The van der Waals surface area contributed by atoms with E-state index in [0.717, 1.165) is 58.4 Å². The third-order valence-corrected chi connectivity index (χ3v) is 5.68. The number of benzene rings is 3. The Kier molecular flexibility index (Phi) is 8.08. The average molecular weight is 460 g/mol. The fourth-order valence-corrected chi connectivity index (χ4v) is 4.14. The van der Waals surface area contributed by atoms with Crippen molar-refractivity contribution >= 4 is 5.71 Å². The van der Waals surface area contributed by atoms with Gasteiger partial charge in [-0.15, -0.1) is 0 Å². The molecule has 4 rings (SSSR count). The van der Waals surface area contributed by atoms with E-state index < -0.39 is 0 Å². The van der Waals surface area contributed by atoms with Crippen LogP contribution >= 0.6 is 0 Å². The molecule has 0 aliphatic carbocycles. The Balaban J connectivity index is 1.59. The highest BCUT2D eigenvalue weighted by atomic mass is 16.5. The van der Waals surface area contributed by atoms with Crippen LogP contribution in [0.25, 0.3) is 0 Å². The first-order valence-corrected chi connectivity index (χ1v) is 12.1. The van der Waals surface area contributed by atoms with Gasteiger partial charge in [-0.1, -0.05) is 36.4 Å². The van der Waals surface area contributed by atoms with Crippen LogP contribution in [-0.2, 0) is 19.4 Å². The lowest BCUT2D eigenvalue weighted by Crippen LogP contribution is -2.16. The summed E-state index contributed by atoms with van der Waals surface area (Å²) in [6.45, 7) is 9.01. The summed E-state index contributed by atoms with van der Waals surface area (Å²) in [5.74, 6) is 3.09. The van der Waals surface area contributed by atoms with Crippen LogP contribution in [0.3, 0.4) is 0 Å². The lowest BCUT2D eigenvalue weighted by atomic mass is 9.93. The summed E-state index contributed by atoms with van der Waals surface area (Å²) in [6, 6.07) is 20.5. The second-order valence-electron chi connectivity index (χ2n) is 8.07. The fraction of sp³-hybridized carbons (Fsp3) is 0.345. The zero-order chi connectivity index (χ0) is 23.8. The zero-order valence-corrected chi connectivity index (χ0v) is 20.3. The van der Waals surface area contributed by atoms with Crippen LogP contribution in [0, 0.1) is 0 Å². The number of ether oxygens (including phenoxy) is 4. The van der Waals surface area contributed by atoms with E-state index >= 15 is 0 Å². The molecule has 5 nitrogen and oxygen atoms in total. The van der Waals surface area contributed by atoms with Crippen LogP contribution in [-0.4, -0.2) is 32.1 Å². The predicted molar refractivity (Wildman–Crippen MR) is 136 cm³/mol. The maximum absolute atomic E-state index is 6.17. The lowest BCUT2D eigenvalue weighted by molar-refractivity contribution is 0.269. The van der Waals surface area contributed by atoms with Gasteiger partial charge in [0.05, 0.1) is 19.8 Å². The molecule has 0 bridgehead atoms. The Morgan fingerprint density at radius 2 is 1.35 bits per heavy atom. The van der Waals surface area contributed by atoms with Crippen LogP contribution in [0.15, 0.2) is 65.7 Å². The van der Waals surface area contributed by atoms with Crippen molar-refractivity contribution in [2.24, 2.45) is 4.99 Å². The van der Waals surface area contributed by atoms with E-state index in [9.17, 15) is 0 Å². The van der Waals surface area contributed by atoms with Gasteiger partial charge in [0.1, 0.15) is 6.61 Å². The number of rotatable bonds is 11. The van der Waals surface area contributed by atoms with Gasteiger partial charge in [0, 0.05) is 24.2 Å². The van der Waals surface area contributed by atoms with Crippen molar-refractivity contribution < 1.29 is 18.9 Å². The molecule has 0 saturated heterocycles. The van der Waals surface area contributed by atoms with E-state index in [4.69, 9.17) is 23.9 Å². The predicted octanol–water partition coefficient (Wildman–Crippen LogP) is 6.05. The molecule has 0 fully saturated rings. The number of hydrogen-bond acceptors (Lipinski definition) is 5. The molecular formula is C29H33NO4. The summed E-state index contributed by atoms with van der Waals surface area (Å²) in [4.78, 5) is 4.87. The normalized spacial score (nSPS) is 12.5. The maximum Gasteiger partial charge on any atom is 0.161 e. The van der Waals surface area contributed by atoms with Crippen LogP contribution < -0.4 is 18.9 Å². The van der Waals surface area contributed by atoms with E-state index in [0.29, 0.717) is 32.8 Å². The number of fused-ring (bicyclic) bond motifs is 1. The first-order chi connectivity index (χ1) is 16.7. The van der Waals surface area contributed by atoms with Crippen molar-refractivity contribution in [3.63, 3.8) is 0 Å². The molecule has 0 atom stereocenters. The van der Waals surface area contributed by atoms with Gasteiger partial charge < -0.3 is 18.9 Å². The molecule has 1 heterocycles. The van der Waals surface area contributed by atoms with Crippen molar-refractivity contribution in [1.82, 2.24) is 0 Å². The minimum atomic E-state index is 0.492. The third kappa shape index (κ3) is 5.71. The highest BCUT2D eigenvalue weighted by Crippen LogP contribution is 2.35. The molecule has 0 amide bonds. The van der Waals surface area contributed by atoms with E-state index in [1.807, 2.05) is 45.0 Å². The SMILES string of the molecule is CCOc1cc2c(cc1OCC)C(Cc1ccc(OCC)c(OCc3ccccc3)c1)=NCC2. The first kappa shape index (κ1) is 23.7. The molecule has 3 aromatic carbocycles. The summed E-state index contributed by atoms with van der Waals surface area (Å²) >= 11 is 0. The first-order valence-electron chi connectivity index (χ1n) is 12.1. The van der Waals surface area contributed by atoms with Gasteiger partial charge in [-0.3, -0.25) is 4.99 Å². The summed E-state index contributed by atoms with van der Waals surface area (Å²) in [5.41, 5.74) is 5.70. The smallest absolute Gasteiger partial charge is 0.161 e. The quantitative estimate of drug-likeness (QED) is 0.350. The van der Waals surface area contributed by atoms with Crippen molar-refractivity contribution in [2.75, 3.05) is 26.4 Å². The molecule has 5 heteroatoms. The standard InChI is InChI=1S/C29H33NO4/c1-4-31-26-13-12-22(17-27(26)34-20-21-10-8-7-9-11-21)16-25-24-19-29(33-6-3)28(32-5-2)18-23(24)14-15-30-25/h7-13,17-19H,4-6,14-16,20H2,1-3H3. The Morgan fingerprint density at radius 3 is 2.09 bits per heavy atom. The molecule has 0 radical (unpaired) electrons. The molecule has 34 heavy (non-hydrogen) atoms. The number of hydrogen-bond donors (Lipinski definition) is 0. The molecule has 0 N–H and O–H groups in total. The zero-order valence-electron chi connectivity index (χ0n) is 20.3. The molecule has 1 aliphatic rings. The fourth-order valence-electron chi connectivity index (χ4n) is 4.14. The van der Waals surface area contributed by atoms with Crippen LogP contribution in [0.1, 0.15) is 43.0 Å². The van der Waals surface area contributed by atoms with Crippen molar-refractivity contribution in [1.29, 1.82) is 0 Å². The van der Waals surface area contributed by atoms with Crippen molar-refractivity contribution in [3.8, 4) is 23.0 Å². The average Bonchev–Trinajstić information content (AvgIpc) is 2.86. The second kappa shape index (κ2) is 11.6. The molecule has 0 spiro atoms. The van der Waals surface area contributed by atoms with E-state index in [1.54, 1.807) is 0 Å². The second-order valence-corrected chi connectivity index (χ2v) is 8.07. The molecule has 178 valence electrons. The Morgan fingerprint density at radius 1 is 0.676 bits per heavy atom. The van der Waals surface area contributed by atoms with Crippen LogP contribution in [0.4, 0.5) is 0 Å². The summed E-state index contributed by atoms with van der Waals surface area (Å²) in [7, 11) is 0. The van der Waals surface area contributed by atoms with Gasteiger partial charge >= 0.3 is 0 Å². The van der Waals surface area contributed by atoms with Gasteiger partial charge in [-0.05, 0) is 68.1 Å². The van der Waals surface area contributed by atoms with Gasteiger partial charge in [-0.2, -0.15) is 0 Å². The third-order valence-electron chi connectivity index (χ3n) is 5.68. The van der Waals surface area contributed by atoms with E-state index in [1.165, 1.54) is 5.56 Å². The number of aliphatic imine (C=N–C) groups is 1. The molecule has 3 aromatic rings. The molecular weight excluding hydrogens is 426 g/mol. The van der Waals surface area contributed by atoms with Crippen LogP contribution in [0.2, 0.25) is 0 Å². The highest BCUT2D eigenvalue weighted by molar-refractivity contribution is 6.04. The summed E-state index contributed by atoms with van der Waals surface area (Å²) in [5, 5.41) is 0. The molecule has 0 aromatic heterocycles. The summed E-state index contributed by atoms with van der Waals surface area (Å²) in [6.07, 6.45) is 1.61. The maximum atomic E-state index is 6.17. The van der Waals surface area contributed by atoms with Gasteiger partial charge in [0.25, 0.3) is 0 Å². The van der Waals surface area contributed by atoms with Crippen molar-refractivity contribution in [3.05, 3.63) is 82.9 Å². The monoisotopic (exact) mass is 459 g/mol. The molecule has 0 saturated carbocycles.